The van der Waals surface area contributed by atoms with Gasteiger partial charge in [0.1, 0.15) is 10.9 Å². The largest absolute Gasteiger partial charge is 0.322 e. The van der Waals surface area contributed by atoms with Gasteiger partial charge in [-0.2, -0.15) is 0 Å². The summed E-state index contributed by atoms with van der Waals surface area (Å²) in [7, 11) is 0. The van der Waals surface area contributed by atoms with Crippen molar-refractivity contribution < 1.29 is 4.79 Å². The average Bonchev–Trinajstić information content (AvgIpc) is 2.48. The number of nitrogens with one attached hydrogen (secondary N) is 1. The van der Waals surface area contributed by atoms with Crippen LogP contribution in [-0.4, -0.2) is 22.1 Å². The molecule has 0 atom stereocenters. The van der Waals surface area contributed by atoms with Crippen LogP contribution in [0, 0.1) is 13.8 Å². The highest BCUT2D eigenvalue weighted by molar-refractivity contribution is 7.98. The lowest BCUT2D eigenvalue weighted by atomic mass is 10.1. The Morgan fingerprint density at radius 2 is 1.96 bits per heavy atom. The van der Waals surface area contributed by atoms with Gasteiger partial charge < -0.3 is 5.32 Å². The Morgan fingerprint density at radius 3 is 2.52 bits per heavy atom. The van der Waals surface area contributed by atoms with Crippen LogP contribution in [0.2, 0.25) is 5.02 Å². The highest BCUT2D eigenvalue weighted by Crippen LogP contribution is 2.25. The van der Waals surface area contributed by atoms with E-state index >= 15 is 0 Å². The third kappa shape index (κ3) is 4.03. The topological polar surface area (TPSA) is 54.9 Å². The fourth-order valence-electron chi connectivity index (χ4n) is 2.19. The van der Waals surface area contributed by atoms with E-state index in [-0.39, 0.29) is 11.8 Å². The summed E-state index contributed by atoms with van der Waals surface area (Å²) in [5.74, 6) is 0.772. The number of hydrogen-bond donors (Lipinski definition) is 1. The number of nitrogens with zero attached hydrogens (tertiary/aromatic N) is 2. The molecule has 1 N–H and O–H groups in total. The van der Waals surface area contributed by atoms with Gasteiger partial charge in [0.25, 0.3) is 5.91 Å². The molecule has 0 saturated heterocycles. The summed E-state index contributed by atoms with van der Waals surface area (Å²) in [6, 6.07) is 5.37. The average molecular weight is 350 g/mol. The molecule has 1 amide bonds. The minimum atomic E-state index is -0.201. The van der Waals surface area contributed by atoms with Crippen LogP contribution in [0.1, 0.15) is 47.2 Å². The van der Waals surface area contributed by atoms with Crippen molar-refractivity contribution in [3.8, 4) is 0 Å². The molecule has 2 aromatic rings. The first-order valence-electron chi connectivity index (χ1n) is 7.33. The van der Waals surface area contributed by atoms with Crippen molar-refractivity contribution in [1.29, 1.82) is 0 Å². The Morgan fingerprint density at radius 1 is 1.26 bits per heavy atom. The van der Waals surface area contributed by atoms with Gasteiger partial charge in [0.15, 0.2) is 0 Å². The maximum absolute atomic E-state index is 12.7. The number of carbonyl (C=O) groups excluding carboxylic acids is 1. The SMILES string of the molecule is CSc1nc(C(C)C)nc(C)c1C(=O)Nc1ccc(Cl)cc1C. The molecule has 6 heteroatoms. The summed E-state index contributed by atoms with van der Waals surface area (Å²) in [5.41, 5.74) is 2.86. The summed E-state index contributed by atoms with van der Waals surface area (Å²) < 4.78 is 0. The van der Waals surface area contributed by atoms with E-state index in [2.05, 4.69) is 15.3 Å². The number of carbonyl (C=O) groups is 1. The van der Waals surface area contributed by atoms with Gasteiger partial charge in [-0.1, -0.05) is 25.4 Å². The third-order valence-electron chi connectivity index (χ3n) is 3.45. The van der Waals surface area contributed by atoms with Crippen LogP contribution in [-0.2, 0) is 0 Å². The summed E-state index contributed by atoms with van der Waals surface area (Å²) in [5, 5.41) is 4.27. The lowest BCUT2D eigenvalue weighted by Crippen LogP contribution is -2.18. The van der Waals surface area contributed by atoms with Gasteiger partial charge in [0, 0.05) is 16.6 Å². The number of aromatic nitrogens is 2. The third-order valence-corrected chi connectivity index (χ3v) is 4.36. The maximum atomic E-state index is 12.7. The number of hydrogen-bond acceptors (Lipinski definition) is 4. The number of thioether (sulfide) groups is 1. The zero-order chi connectivity index (χ0) is 17.1. The van der Waals surface area contributed by atoms with Crippen molar-refractivity contribution in [3.63, 3.8) is 0 Å². The lowest BCUT2D eigenvalue weighted by molar-refractivity contribution is 0.102. The maximum Gasteiger partial charge on any atom is 0.260 e. The summed E-state index contributed by atoms with van der Waals surface area (Å²) >= 11 is 7.41. The van der Waals surface area contributed by atoms with Gasteiger partial charge in [-0.3, -0.25) is 4.79 Å². The summed E-state index contributed by atoms with van der Waals surface area (Å²) in [6.45, 7) is 7.82. The molecule has 2 rings (SSSR count). The molecule has 23 heavy (non-hydrogen) atoms. The van der Waals surface area contributed by atoms with E-state index in [1.807, 2.05) is 40.0 Å². The minimum Gasteiger partial charge on any atom is -0.322 e. The van der Waals surface area contributed by atoms with Crippen LogP contribution in [0.25, 0.3) is 0 Å². The molecule has 0 saturated carbocycles. The first kappa shape index (κ1) is 17.8. The second-order valence-corrected chi connectivity index (χ2v) is 6.85. The second-order valence-electron chi connectivity index (χ2n) is 5.62. The molecule has 0 spiro atoms. The number of anilines is 1. The number of benzene rings is 1. The first-order chi connectivity index (χ1) is 10.8. The highest BCUT2D eigenvalue weighted by atomic mass is 35.5. The summed E-state index contributed by atoms with van der Waals surface area (Å²) in [4.78, 5) is 21.7. The molecule has 0 unspecified atom stereocenters. The second kappa shape index (κ2) is 7.32. The quantitative estimate of drug-likeness (QED) is 0.633. The van der Waals surface area contributed by atoms with Crippen LogP contribution >= 0.6 is 23.4 Å². The normalized spacial score (nSPS) is 10.9. The van der Waals surface area contributed by atoms with Crippen molar-refractivity contribution in [3.05, 3.63) is 45.9 Å². The standard InChI is InChI=1S/C17H20ClN3OS/c1-9(2)15-19-11(4)14(17(21-15)23-5)16(22)20-13-7-6-12(18)8-10(13)3/h6-9H,1-5H3,(H,20,22). The Labute approximate surface area is 146 Å². The summed E-state index contributed by atoms with van der Waals surface area (Å²) in [6.07, 6.45) is 1.91. The van der Waals surface area contributed by atoms with Crippen LogP contribution < -0.4 is 5.32 Å². The molecule has 0 aliphatic carbocycles. The first-order valence-corrected chi connectivity index (χ1v) is 8.93. The van der Waals surface area contributed by atoms with Crippen LogP contribution in [0.3, 0.4) is 0 Å². The number of aryl methyl sites for hydroxylation is 2. The Bertz CT molecular complexity index is 747. The molecular weight excluding hydrogens is 330 g/mol. The van der Waals surface area contributed by atoms with Gasteiger partial charge in [-0.05, 0) is 43.9 Å². The molecule has 0 bridgehead atoms. The van der Waals surface area contributed by atoms with E-state index in [0.717, 1.165) is 17.1 Å². The van der Waals surface area contributed by atoms with E-state index in [1.54, 1.807) is 12.1 Å². The Hall–Kier alpha value is -1.59. The minimum absolute atomic E-state index is 0.201. The van der Waals surface area contributed by atoms with Crippen LogP contribution in [0.4, 0.5) is 5.69 Å². The molecule has 0 fully saturated rings. The van der Waals surface area contributed by atoms with E-state index < -0.39 is 0 Å². The zero-order valence-electron chi connectivity index (χ0n) is 13.9. The Kier molecular flexibility index (Phi) is 5.65. The van der Waals surface area contributed by atoms with Crippen molar-refractivity contribution in [2.75, 3.05) is 11.6 Å². The Balaban J connectivity index is 2.39. The number of halogens is 1. The fourth-order valence-corrected chi connectivity index (χ4v) is 3.04. The van der Waals surface area contributed by atoms with Gasteiger partial charge in [-0.25, -0.2) is 9.97 Å². The van der Waals surface area contributed by atoms with Crippen molar-refractivity contribution >= 4 is 35.0 Å². The predicted molar refractivity (Wildman–Crippen MR) is 96.8 cm³/mol. The molecule has 4 nitrogen and oxygen atoms in total. The molecule has 1 heterocycles. The van der Waals surface area contributed by atoms with Crippen molar-refractivity contribution in [2.45, 2.75) is 38.6 Å². The smallest absolute Gasteiger partial charge is 0.260 e. The number of rotatable bonds is 4. The molecular formula is C17H20ClN3OS. The van der Waals surface area contributed by atoms with Gasteiger partial charge in [0.05, 0.1) is 11.3 Å². The molecule has 122 valence electrons. The van der Waals surface area contributed by atoms with Crippen molar-refractivity contribution in [1.82, 2.24) is 9.97 Å². The highest BCUT2D eigenvalue weighted by Gasteiger charge is 2.20. The van der Waals surface area contributed by atoms with E-state index in [0.29, 0.717) is 21.3 Å². The zero-order valence-corrected chi connectivity index (χ0v) is 15.5. The molecule has 0 radical (unpaired) electrons. The van der Waals surface area contributed by atoms with Gasteiger partial charge in [-0.15, -0.1) is 11.8 Å². The van der Waals surface area contributed by atoms with Gasteiger partial charge >= 0.3 is 0 Å². The number of amides is 1. The lowest BCUT2D eigenvalue weighted by Gasteiger charge is -2.14. The van der Waals surface area contributed by atoms with E-state index in [4.69, 9.17) is 11.6 Å². The monoisotopic (exact) mass is 349 g/mol. The van der Waals surface area contributed by atoms with Crippen LogP contribution in [0.5, 0.6) is 0 Å². The van der Waals surface area contributed by atoms with E-state index in [9.17, 15) is 4.79 Å². The molecule has 0 aliphatic rings. The molecule has 1 aromatic carbocycles. The van der Waals surface area contributed by atoms with Gasteiger partial charge in [0.2, 0.25) is 0 Å². The van der Waals surface area contributed by atoms with E-state index in [1.165, 1.54) is 11.8 Å². The fraction of sp³-hybridized carbons (Fsp3) is 0.353. The van der Waals surface area contributed by atoms with Crippen molar-refractivity contribution in [2.24, 2.45) is 0 Å². The van der Waals surface area contributed by atoms with Crippen LogP contribution in [0.15, 0.2) is 23.2 Å². The predicted octanol–water partition coefficient (Wildman–Crippen LogP) is 4.84. The molecule has 0 aliphatic heterocycles. The molecule has 1 aromatic heterocycles.